The lowest BCUT2D eigenvalue weighted by Gasteiger charge is -2.13. The molecule has 0 saturated heterocycles. The highest BCUT2D eigenvalue weighted by atomic mass is 16.5. The molecule has 0 spiro atoms. The average molecular weight is 270 g/mol. The lowest BCUT2D eigenvalue weighted by molar-refractivity contribution is 0.467. The number of aryl methyl sites for hydroxylation is 1. The Kier molecular flexibility index (Phi) is 5.13. The Morgan fingerprint density at radius 1 is 1.20 bits per heavy atom. The van der Waals surface area contributed by atoms with Crippen molar-refractivity contribution in [1.29, 1.82) is 0 Å². The van der Waals surface area contributed by atoms with Crippen molar-refractivity contribution in [2.45, 2.75) is 27.3 Å². The predicted molar refractivity (Wildman–Crippen MR) is 82.0 cm³/mol. The standard InChI is InChI=1S/C17H22N2O/c1-13(2)10-18-11-15-12-19-14(3)9-17(15)20-16-7-5-4-6-8-16/h4-9,12-13,18H,10-11H2,1-3H3. The Balaban J connectivity index is 2.11. The number of benzene rings is 1. The molecule has 1 aromatic carbocycles. The maximum absolute atomic E-state index is 5.97. The van der Waals surface area contributed by atoms with Gasteiger partial charge in [-0.25, -0.2) is 0 Å². The topological polar surface area (TPSA) is 34.1 Å². The zero-order valence-corrected chi connectivity index (χ0v) is 12.4. The molecule has 0 unspecified atom stereocenters. The molecule has 0 atom stereocenters. The molecule has 0 aliphatic carbocycles. The van der Waals surface area contributed by atoms with Crippen molar-refractivity contribution in [2.24, 2.45) is 5.92 Å². The van der Waals surface area contributed by atoms with Gasteiger partial charge in [-0.2, -0.15) is 0 Å². The lowest BCUT2D eigenvalue weighted by atomic mass is 10.2. The molecule has 0 aliphatic rings. The van der Waals surface area contributed by atoms with Gasteiger partial charge >= 0.3 is 0 Å². The summed E-state index contributed by atoms with van der Waals surface area (Å²) in [4.78, 5) is 4.36. The number of hydrogen-bond acceptors (Lipinski definition) is 3. The SMILES string of the molecule is Cc1cc(Oc2ccccc2)c(CNCC(C)C)cn1. The van der Waals surface area contributed by atoms with Gasteiger partial charge in [0.05, 0.1) is 0 Å². The van der Waals surface area contributed by atoms with E-state index in [2.05, 4.69) is 24.1 Å². The first kappa shape index (κ1) is 14.5. The van der Waals surface area contributed by atoms with E-state index in [9.17, 15) is 0 Å². The summed E-state index contributed by atoms with van der Waals surface area (Å²) in [6.07, 6.45) is 1.89. The molecule has 3 nitrogen and oxygen atoms in total. The van der Waals surface area contributed by atoms with E-state index in [1.165, 1.54) is 0 Å². The Morgan fingerprint density at radius 3 is 2.65 bits per heavy atom. The van der Waals surface area contributed by atoms with Crippen LogP contribution in [0.15, 0.2) is 42.6 Å². The summed E-state index contributed by atoms with van der Waals surface area (Å²) in [7, 11) is 0. The zero-order valence-electron chi connectivity index (χ0n) is 12.4. The van der Waals surface area contributed by atoms with E-state index in [0.29, 0.717) is 5.92 Å². The normalized spacial score (nSPS) is 10.8. The molecule has 0 amide bonds. The van der Waals surface area contributed by atoms with Gasteiger partial charge < -0.3 is 10.1 Å². The van der Waals surface area contributed by atoms with Crippen LogP contribution >= 0.6 is 0 Å². The van der Waals surface area contributed by atoms with Crippen LogP contribution in [-0.2, 0) is 6.54 Å². The summed E-state index contributed by atoms with van der Waals surface area (Å²) in [6.45, 7) is 8.12. The smallest absolute Gasteiger partial charge is 0.135 e. The predicted octanol–water partition coefficient (Wildman–Crippen LogP) is 3.93. The fraction of sp³-hybridized carbons (Fsp3) is 0.353. The summed E-state index contributed by atoms with van der Waals surface area (Å²) < 4.78 is 5.97. The number of rotatable bonds is 6. The van der Waals surface area contributed by atoms with Gasteiger partial charge in [0.15, 0.2) is 0 Å². The molecule has 20 heavy (non-hydrogen) atoms. The van der Waals surface area contributed by atoms with E-state index in [-0.39, 0.29) is 0 Å². The van der Waals surface area contributed by atoms with Crippen LogP contribution in [0.1, 0.15) is 25.1 Å². The molecule has 1 aromatic heterocycles. The quantitative estimate of drug-likeness (QED) is 0.863. The first-order valence-corrected chi connectivity index (χ1v) is 7.04. The van der Waals surface area contributed by atoms with Crippen LogP contribution in [0.25, 0.3) is 0 Å². The van der Waals surface area contributed by atoms with Gasteiger partial charge in [0, 0.05) is 30.1 Å². The Labute approximate surface area is 121 Å². The van der Waals surface area contributed by atoms with Gasteiger partial charge in [-0.1, -0.05) is 32.0 Å². The highest BCUT2D eigenvalue weighted by Gasteiger charge is 2.06. The van der Waals surface area contributed by atoms with Gasteiger partial charge in [-0.05, 0) is 31.5 Å². The number of nitrogens with one attached hydrogen (secondary N) is 1. The van der Waals surface area contributed by atoms with Crippen LogP contribution in [0.4, 0.5) is 0 Å². The minimum atomic E-state index is 0.631. The molecule has 1 heterocycles. The molecule has 0 aliphatic heterocycles. The van der Waals surface area contributed by atoms with Crippen molar-refractivity contribution >= 4 is 0 Å². The number of para-hydroxylation sites is 1. The maximum Gasteiger partial charge on any atom is 0.135 e. The fourth-order valence-electron chi connectivity index (χ4n) is 1.90. The zero-order chi connectivity index (χ0) is 14.4. The molecule has 2 aromatic rings. The van der Waals surface area contributed by atoms with E-state index < -0.39 is 0 Å². The summed E-state index contributed by atoms with van der Waals surface area (Å²) in [5, 5.41) is 3.43. The van der Waals surface area contributed by atoms with Gasteiger partial charge in [-0.15, -0.1) is 0 Å². The first-order valence-electron chi connectivity index (χ1n) is 7.04. The number of hydrogen-bond donors (Lipinski definition) is 1. The highest BCUT2D eigenvalue weighted by molar-refractivity contribution is 5.37. The number of aromatic nitrogens is 1. The van der Waals surface area contributed by atoms with Crippen molar-refractivity contribution in [1.82, 2.24) is 10.3 Å². The summed E-state index contributed by atoms with van der Waals surface area (Å²) >= 11 is 0. The van der Waals surface area contributed by atoms with Crippen molar-refractivity contribution in [3.8, 4) is 11.5 Å². The Bertz CT molecular complexity index is 538. The van der Waals surface area contributed by atoms with Crippen LogP contribution in [0.3, 0.4) is 0 Å². The molecule has 0 radical (unpaired) electrons. The van der Waals surface area contributed by atoms with E-state index in [1.807, 2.05) is 49.5 Å². The van der Waals surface area contributed by atoms with Crippen molar-refractivity contribution in [3.05, 3.63) is 53.9 Å². The third kappa shape index (κ3) is 4.35. The molecule has 0 bridgehead atoms. The molecule has 106 valence electrons. The summed E-state index contributed by atoms with van der Waals surface area (Å²) in [5.41, 5.74) is 2.05. The second-order valence-electron chi connectivity index (χ2n) is 5.37. The highest BCUT2D eigenvalue weighted by Crippen LogP contribution is 2.25. The number of nitrogens with zero attached hydrogens (tertiary/aromatic N) is 1. The number of ether oxygens (including phenoxy) is 1. The molecule has 0 saturated carbocycles. The van der Waals surface area contributed by atoms with E-state index in [0.717, 1.165) is 35.8 Å². The van der Waals surface area contributed by atoms with Gasteiger partial charge in [-0.3, -0.25) is 4.98 Å². The second kappa shape index (κ2) is 7.06. The molecule has 3 heteroatoms. The van der Waals surface area contributed by atoms with Gasteiger partial charge in [0.2, 0.25) is 0 Å². The van der Waals surface area contributed by atoms with Crippen molar-refractivity contribution < 1.29 is 4.74 Å². The lowest BCUT2D eigenvalue weighted by Crippen LogP contribution is -2.19. The van der Waals surface area contributed by atoms with E-state index >= 15 is 0 Å². The number of pyridine rings is 1. The second-order valence-corrected chi connectivity index (χ2v) is 5.37. The largest absolute Gasteiger partial charge is 0.457 e. The van der Waals surface area contributed by atoms with Crippen LogP contribution in [-0.4, -0.2) is 11.5 Å². The van der Waals surface area contributed by atoms with Gasteiger partial charge in [0.1, 0.15) is 11.5 Å². The van der Waals surface area contributed by atoms with E-state index in [1.54, 1.807) is 0 Å². The average Bonchev–Trinajstić information content (AvgIpc) is 2.42. The molecular formula is C17H22N2O. The van der Waals surface area contributed by atoms with Crippen LogP contribution < -0.4 is 10.1 Å². The van der Waals surface area contributed by atoms with Crippen LogP contribution in [0.5, 0.6) is 11.5 Å². The fourth-order valence-corrected chi connectivity index (χ4v) is 1.90. The molecular weight excluding hydrogens is 248 g/mol. The maximum atomic E-state index is 5.97. The van der Waals surface area contributed by atoms with Gasteiger partial charge in [0.25, 0.3) is 0 Å². The first-order chi connectivity index (χ1) is 9.65. The van der Waals surface area contributed by atoms with Crippen LogP contribution in [0, 0.1) is 12.8 Å². The van der Waals surface area contributed by atoms with Crippen molar-refractivity contribution in [3.63, 3.8) is 0 Å². The van der Waals surface area contributed by atoms with Crippen LogP contribution in [0.2, 0.25) is 0 Å². The third-order valence-electron chi connectivity index (χ3n) is 2.92. The Morgan fingerprint density at radius 2 is 1.95 bits per heavy atom. The minimum absolute atomic E-state index is 0.631. The Hall–Kier alpha value is -1.87. The van der Waals surface area contributed by atoms with Crippen molar-refractivity contribution in [2.75, 3.05) is 6.54 Å². The molecule has 2 rings (SSSR count). The summed E-state index contributed by atoms with van der Waals surface area (Å²) in [6, 6.07) is 11.8. The minimum Gasteiger partial charge on any atom is -0.457 e. The molecule has 1 N–H and O–H groups in total. The molecule has 0 fully saturated rings. The van der Waals surface area contributed by atoms with E-state index in [4.69, 9.17) is 4.74 Å². The third-order valence-corrected chi connectivity index (χ3v) is 2.92. The monoisotopic (exact) mass is 270 g/mol. The summed E-state index contributed by atoms with van der Waals surface area (Å²) in [5.74, 6) is 2.36.